The number of nitrogens with zero attached hydrogens (tertiary/aromatic N) is 1. The Bertz CT molecular complexity index is 919. The molecule has 1 saturated heterocycles. The molecule has 1 N–H and O–H groups in total. The maximum Gasteiger partial charge on any atom is 0.416 e. The Morgan fingerprint density at radius 3 is 1.93 bits per heavy atom. The average Bonchev–Trinajstić information content (AvgIpc) is 2.67. The van der Waals surface area contributed by atoms with E-state index >= 15 is 0 Å². The monoisotopic (exact) mass is 430 g/mol. The molecule has 0 saturated carbocycles. The van der Waals surface area contributed by atoms with Gasteiger partial charge in [-0.25, -0.2) is 0 Å². The summed E-state index contributed by atoms with van der Waals surface area (Å²) < 4.78 is 77.7. The van der Waals surface area contributed by atoms with Gasteiger partial charge in [-0.2, -0.15) is 26.3 Å². The van der Waals surface area contributed by atoms with Crippen molar-refractivity contribution in [3.05, 3.63) is 59.2 Å². The van der Waals surface area contributed by atoms with E-state index in [1.54, 1.807) is 17.0 Å². The predicted octanol–water partition coefficient (Wildman–Crippen LogP) is 5.49. The third-order valence-electron chi connectivity index (χ3n) is 4.61. The second kappa shape index (κ2) is 8.00. The molecular formula is C20H16F6N2O2. The lowest BCUT2D eigenvalue weighted by Gasteiger charge is -2.26. The van der Waals surface area contributed by atoms with Gasteiger partial charge in [0.15, 0.2) is 0 Å². The first-order valence-electron chi connectivity index (χ1n) is 8.96. The van der Waals surface area contributed by atoms with Gasteiger partial charge in [-0.15, -0.1) is 0 Å². The summed E-state index contributed by atoms with van der Waals surface area (Å²) in [6.07, 6.45) is -8.00. The molecule has 2 aromatic carbocycles. The summed E-state index contributed by atoms with van der Waals surface area (Å²) in [5.41, 5.74) is -3.15. The number of anilines is 2. The quantitative estimate of drug-likeness (QED) is 0.655. The highest BCUT2D eigenvalue weighted by Crippen LogP contribution is 2.36. The van der Waals surface area contributed by atoms with Gasteiger partial charge >= 0.3 is 12.4 Å². The summed E-state index contributed by atoms with van der Waals surface area (Å²) in [5.74, 6) is -1.16. The molecule has 0 atom stereocenters. The predicted molar refractivity (Wildman–Crippen MR) is 97.0 cm³/mol. The van der Waals surface area contributed by atoms with E-state index in [9.17, 15) is 35.9 Å². The van der Waals surface area contributed by atoms with Crippen LogP contribution in [0.2, 0.25) is 0 Å². The number of piperidine rings is 1. The van der Waals surface area contributed by atoms with Crippen LogP contribution in [-0.4, -0.2) is 18.4 Å². The number of carbonyl (C=O) groups excluding carboxylic acids is 2. The molecule has 2 amide bonds. The lowest BCUT2D eigenvalue weighted by Crippen LogP contribution is -2.35. The number of rotatable bonds is 3. The number of benzene rings is 2. The highest BCUT2D eigenvalue weighted by atomic mass is 19.4. The lowest BCUT2D eigenvalue weighted by molar-refractivity contribution is -0.143. The van der Waals surface area contributed by atoms with Crippen LogP contribution in [0.3, 0.4) is 0 Å². The van der Waals surface area contributed by atoms with E-state index in [-0.39, 0.29) is 17.7 Å². The summed E-state index contributed by atoms with van der Waals surface area (Å²) in [7, 11) is 0. The number of hydrogen-bond donors (Lipinski definition) is 1. The van der Waals surface area contributed by atoms with Crippen LogP contribution in [0.15, 0.2) is 42.5 Å². The van der Waals surface area contributed by atoms with Gasteiger partial charge in [0.25, 0.3) is 5.91 Å². The zero-order valence-corrected chi connectivity index (χ0v) is 15.4. The second-order valence-corrected chi connectivity index (χ2v) is 6.80. The molecule has 0 unspecified atom stereocenters. The van der Waals surface area contributed by atoms with Crippen molar-refractivity contribution in [3.8, 4) is 0 Å². The number of amides is 2. The van der Waals surface area contributed by atoms with E-state index < -0.39 is 35.0 Å². The van der Waals surface area contributed by atoms with Gasteiger partial charge in [0.1, 0.15) is 0 Å². The highest BCUT2D eigenvalue weighted by molar-refractivity contribution is 6.04. The molecule has 2 aromatic rings. The van der Waals surface area contributed by atoms with E-state index in [1.807, 2.05) is 0 Å². The molecule has 3 rings (SSSR count). The number of carbonyl (C=O) groups is 2. The van der Waals surface area contributed by atoms with Crippen molar-refractivity contribution < 1.29 is 35.9 Å². The SMILES string of the molecule is O=C(Nc1ccc(N2CCCCC2=O)cc1)c1cc(C(F)(F)F)cc(C(F)(F)F)c1. The van der Waals surface area contributed by atoms with Crippen molar-refractivity contribution in [2.24, 2.45) is 0 Å². The Hall–Kier alpha value is -3.04. The first-order chi connectivity index (χ1) is 13.9. The molecule has 0 spiro atoms. The summed E-state index contributed by atoms with van der Waals surface area (Å²) in [6, 6.07) is 6.64. The molecule has 1 aliphatic rings. The Balaban J connectivity index is 1.82. The van der Waals surface area contributed by atoms with Gasteiger partial charge in [-0.05, 0) is 55.3 Å². The topological polar surface area (TPSA) is 49.4 Å². The van der Waals surface area contributed by atoms with Crippen molar-refractivity contribution in [1.82, 2.24) is 0 Å². The molecule has 1 heterocycles. The lowest BCUT2D eigenvalue weighted by atomic mass is 10.0. The van der Waals surface area contributed by atoms with Crippen LogP contribution in [0.25, 0.3) is 0 Å². The number of hydrogen-bond acceptors (Lipinski definition) is 2. The van der Waals surface area contributed by atoms with Crippen LogP contribution in [0.1, 0.15) is 40.7 Å². The Morgan fingerprint density at radius 2 is 1.43 bits per heavy atom. The van der Waals surface area contributed by atoms with Crippen LogP contribution in [0.5, 0.6) is 0 Å². The van der Waals surface area contributed by atoms with E-state index in [1.165, 1.54) is 12.1 Å². The zero-order valence-electron chi connectivity index (χ0n) is 15.4. The summed E-state index contributed by atoms with van der Waals surface area (Å²) in [4.78, 5) is 25.8. The zero-order chi connectivity index (χ0) is 22.1. The molecule has 4 nitrogen and oxygen atoms in total. The summed E-state index contributed by atoms with van der Waals surface area (Å²) >= 11 is 0. The number of alkyl halides is 6. The second-order valence-electron chi connectivity index (χ2n) is 6.80. The number of halogens is 6. The van der Waals surface area contributed by atoms with Crippen LogP contribution in [-0.2, 0) is 17.1 Å². The van der Waals surface area contributed by atoms with E-state index in [0.717, 1.165) is 12.8 Å². The van der Waals surface area contributed by atoms with E-state index in [4.69, 9.17) is 0 Å². The maximum atomic E-state index is 12.9. The number of nitrogens with one attached hydrogen (secondary N) is 1. The largest absolute Gasteiger partial charge is 0.416 e. The first-order valence-corrected chi connectivity index (χ1v) is 8.96. The molecular weight excluding hydrogens is 414 g/mol. The maximum absolute atomic E-state index is 12.9. The first kappa shape index (κ1) is 21.7. The van der Waals surface area contributed by atoms with Crippen molar-refractivity contribution in [2.75, 3.05) is 16.8 Å². The van der Waals surface area contributed by atoms with Gasteiger partial charge in [-0.3, -0.25) is 9.59 Å². The van der Waals surface area contributed by atoms with Crippen molar-refractivity contribution in [2.45, 2.75) is 31.6 Å². The van der Waals surface area contributed by atoms with Gasteiger partial charge in [0, 0.05) is 29.9 Å². The van der Waals surface area contributed by atoms with Gasteiger partial charge < -0.3 is 10.2 Å². The molecule has 30 heavy (non-hydrogen) atoms. The van der Waals surface area contributed by atoms with Gasteiger partial charge in [0.2, 0.25) is 5.91 Å². The molecule has 0 aromatic heterocycles. The average molecular weight is 430 g/mol. The smallest absolute Gasteiger partial charge is 0.322 e. The standard InChI is InChI=1S/C20H16F6N2O2/c21-19(22,23)13-9-12(10-14(11-13)20(24,25)26)18(30)27-15-4-6-16(7-5-15)28-8-2-1-3-17(28)29/h4-7,9-11H,1-3,8H2,(H,27,30). The molecule has 0 radical (unpaired) electrons. The molecule has 0 bridgehead atoms. The fourth-order valence-corrected chi connectivity index (χ4v) is 3.09. The third kappa shape index (κ3) is 4.92. The molecule has 160 valence electrons. The van der Waals surface area contributed by atoms with Crippen LogP contribution in [0.4, 0.5) is 37.7 Å². The highest BCUT2D eigenvalue weighted by Gasteiger charge is 2.37. The van der Waals surface area contributed by atoms with Crippen molar-refractivity contribution in [1.29, 1.82) is 0 Å². The minimum absolute atomic E-state index is 0.0401. The Morgan fingerprint density at radius 1 is 0.867 bits per heavy atom. The van der Waals surface area contributed by atoms with Crippen LogP contribution >= 0.6 is 0 Å². The molecule has 1 fully saturated rings. The summed E-state index contributed by atoms with van der Waals surface area (Å²) in [6.45, 7) is 0.551. The van der Waals surface area contributed by atoms with Gasteiger partial charge in [-0.1, -0.05) is 0 Å². The van der Waals surface area contributed by atoms with Gasteiger partial charge in [0.05, 0.1) is 11.1 Å². The van der Waals surface area contributed by atoms with Crippen LogP contribution < -0.4 is 10.2 Å². The molecule has 1 aliphatic heterocycles. The Kier molecular flexibility index (Phi) is 5.78. The minimum atomic E-state index is -5.04. The van der Waals surface area contributed by atoms with Crippen LogP contribution in [0, 0.1) is 0 Å². The summed E-state index contributed by atoms with van der Waals surface area (Å²) in [5, 5.41) is 2.28. The van der Waals surface area contributed by atoms with Crippen molar-refractivity contribution in [3.63, 3.8) is 0 Å². The molecule has 0 aliphatic carbocycles. The van der Waals surface area contributed by atoms with E-state index in [0.29, 0.717) is 30.8 Å². The minimum Gasteiger partial charge on any atom is -0.322 e. The normalized spacial score (nSPS) is 15.3. The third-order valence-corrected chi connectivity index (χ3v) is 4.61. The van der Waals surface area contributed by atoms with E-state index in [2.05, 4.69) is 5.32 Å². The molecule has 10 heteroatoms. The van der Waals surface area contributed by atoms with Crippen molar-refractivity contribution >= 4 is 23.2 Å². The fraction of sp³-hybridized carbons (Fsp3) is 0.300. The fourth-order valence-electron chi connectivity index (χ4n) is 3.09. The Labute approximate surface area is 167 Å².